The second-order valence-corrected chi connectivity index (χ2v) is 21.2. The summed E-state index contributed by atoms with van der Waals surface area (Å²) in [6.07, 6.45) is 52.8. The maximum Gasteiger partial charge on any atom is 0.472 e. The van der Waals surface area contributed by atoms with Crippen molar-refractivity contribution in [3.63, 3.8) is 0 Å². The number of amides is 1. The average molecular weight is 938 g/mol. The number of hydrogen-bond donors (Lipinski definition) is 2. The minimum absolute atomic E-state index is 0.0382. The number of carbonyl (C=O) groups excluding carboxylic acids is 2. The Morgan fingerprint density at radius 2 is 0.892 bits per heavy atom. The zero-order chi connectivity index (χ0) is 48.0. The van der Waals surface area contributed by atoms with E-state index in [9.17, 15) is 19.0 Å². The molecule has 0 rings (SSSR count). The molecule has 0 saturated heterocycles. The molecule has 0 aromatic carbocycles. The first-order valence-electron chi connectivity index (χ1n) is 27.3. The number of carbonyl (C=O) groups is 2. The summed E-state index contributed by atoms with van der Waals surface area (Å²) < 4.78 is 30.5. The van der Waals surface area contributed by atoms with Crippen LogP contribution in [-0.2, 0) is 27.9 Å². The van der Waals surface area contributed by atoms with Gasteiger partial charge in [-0.1, -0.05) is 192 Å². The molecule has 0 aliphatic carbocycles. The number of ether oxygens (including phenoxy) is 1. The summed E-state index contributed by atoms with van der Waals surface area (Å²) in [4.78, 5) is 37.4. The fourth-order valence-electron chi connectivity index (χ4n) is 7.75. The molecule has 0 heterocycles. The molecule has 0 radical (unpaired) electrons. The lowest BCUT2D eigenvalue weighted by molar-refractivity contribution is -0.870. The van der Waals surface area contributed by atoms with Gasteiger partial charge in [0.2, 0.25) is 5.91 Å². The highest BCUT2D eigenvalue weighted by Gasteiger charge is 2.30. The molecule has 0 aromatic rings. The molecule has 3 atom stereocenters. The SMILES string of the molecule is CCCCCC/C=C\CCCCCCCCCC(=O)NC(COP(=O)(O)OCC[N+](C)(C)C)C(/C=C/CCCCCCCCCCC)OC(=O)CCCCC/C=C\CCCCCCCC. The third-order valence-electron chi connectivity index (χ3n) is 12.1. The topological polar surface area (TPSA) is 111 Å². The molecule has 0 saturated carbocycles. The monoisotopic (exact) mass is 938 g/mol. The van der Waals surface area contributed by atoms with Gasteiger partial charge < -0.3 is 19.4 Å². The van der Waals surface area contributed by atoms with Crippen LogP contribution in [0.1, 0.15) is 252 Å². The first-order valence-corrected chi connectivity index (χ1v) is 28.8. The van der Waals surface area contributed by atoms with Crippen molar-refractivity contribution < 1.29 is 37.3 Å². The molecule has 1 amide bonds. The van der Waals surface area contributed by atoms with Crippen molar-refractivity contribution in [2.45, 2.75) is 264 Å². The molecule has 0 fully saturated rings. The van der Waals surface area contributed by atoms with E-state index in [1.54, 1.807) is 0 Å². The van der Waals surface area contributed by atoms with Crippen molar-refractivity contribution in [1.29, 1.82) is 0 Å². The van der Waals surface area contributed by atoms with Crippen molar-refractivity contribution in [1.82, 2.24) is 5.32 Å². The molecule has 9 nitrogen and oxygen atoms in total. The van der Waals surface area contributed by atoms with E-state index in [0.717, 1.165) is 77.0 Å². The van der Waals surface area contributed by atoms with E-state index in [2.05, 4.69) is 50.4 Å². The summed E-state index contributed by atoms with van der Waals surface area (Å²) in [5.41, 5.74) is 0. The van der Waals surface area contributed by atoms with Crippen LogP contribution in [0.2, 0.25) is 0 Å². The summed E-state index contributed by atoms with van der Waals surface area (Å²) in [7, 11) is 1.49. The van der Waals surface area contributed by atoms with Crippen LogP contribution in [0.4, 0.5) is 0 Å². The number of esters is 1. The lowest BCUT2D eigenvalue weighted by Gasteiger charge is -2.27. The van der Waals surface area contributed by atoms with Crippen LogP contribution in [0.3, 0.4) is 0 Å². The molecular formula is C55H106N2O7P+. The van der Waals surface area contributed by atoms with E-state index in [0.29, 0.717) is 23.9 Å². The molecular weight excluding hydrogens is 832 g/mol. The number of allylic oxidation sites excluding steroid dienone is 5. The Bertz CT molecular complexity index is 1220. The second kappa shape index (κ2) is 46.0. The van der Waals surface area contributed by atoms with Crippen LogP contribution in [0.25, 0.3) is 0 Å². The average Bonchev–Trinajstić information content (AvgIpc) is 3.26. The molecule has 0 spiro atoms. The van der Waals surface area contributed by atoms with Crippen molar-refractivity contribution in [2.24, 2.45) is 0 Å². The minimum Gasteiger partial charge on any atom is -0.456 e. The van der Waals surface area contributed by atoms with Gasteiger partial charge in [0, 0.05) is 12.8 Å². The Hall–Kier alpha value is -1.77. The number of phosphoric ester groups is 1. The Morgan fingerprint density at radius 3 is 1.34 bits per heavy atom. The number of quaternary nitrogens is 1. The number of phosphoric acid groups is 1. The number of hydrogen-bond acceptors (Lipinski definition) is 6. The van der Waals surface area contributed by atoms with Crippen LogP contribution in [0.15, 0.2) is 36.5 Å². The molecule has 2 N–H and O–H groups in total. The van der Waals surface area contributed by atoms with Gasteiger partial charge in [0.15, 0.2) is 0 Å². The molecule has 0 aliphatic rings. The number of likely N-dealkylation sites (N-methyl/N-ethyl adjacent to an activating group) is 1. The van der Waals surface area contributed by atoms with E-state index < -0.39 is 20.0 Å². The Balaban J connectivity index is 5.39. The normalized spacial score (nSPS) is 14.1. The van der Waals surface area contributed by atoms with Gasteiger partial charge in [0.1, 0.15) is 19.3 Å². The van der Waals surface area contributed by atoms with Crippen LogP contribution >= 0.6 is 7.82 Å². The minimum atomic E-state index is -4.44. The van der Waals surface area contributed by atoms with Crippen LogP contribution in [-0.4, -0.2) is 74.3 Å². The molecule has 0 aliphatic heterocycles. The first kappa shape index (κ1) is 63.2. The lowest BCUT2D eigenvalue weighted by Crippen LogP contribution is -2.47. The predicted molar refractivity (Wildman–Crippen MR) is 277 cm³/mol. The number of nitrogens with one attached hydrogen (secondary N) is 1. The highest BCUT2D eigenvalue weighted by molar-refractivity contribution is 7.47. The van der Waals surface area contributed by atoms with Gasteiger partial charge in [-0.05, 0) is 83.1 Å². The molecule has 382 valence electrons. The summed E-state index contributed by atoms with van der Waals surface area (Å²) >= 11 is 0. The summed E-state index contributed by atoms with van der Waals surface area (Å²) in [6, 6.07) is -0.851. The molecule has 10 heteroatoms. The summed E-state index contributed by atoms with van der Waals surface area (Å²) in [6.45, 7) is 6.97. The third kappa shape index (κ3) is 47.1. The number of nitrogens with zero attached hydrogens (tertiary/aromatic N) is 1. The van der Waals surface area contributed by atoms with E-state index in [-0.39, 0.29) is 31.5 Å². The zero-order valence-electron chi connectivity index (χ0n) is 43.5. The smallest absolute Gasteiger partial charge is 0.456 e. The molecule has 0 bridgehead atoms. The van der Waals surface area contributed by atoms with Gasteiger partial charge in [-0.3, -0.25) is 18.6 Å². The zero-order valence-corrected chi connectivity index (χ0v) is 44.4. The van der Waals surface area contributed by atoms with E-state index >= 15 is 0 Å². The van der Waals surface area contributed by atoms with E-state index in [1.165, 1.54) is 135 Å². The van der Waals surface area contributed by atoms with Crippen LogP contribution in [0.5, 0.6) is 0 Å². The van der Waals surface area contributed by atoms with Gasteiger partial charge in [0.25, 0.3) is 0 Å². The summed E-state index contributed by atoms with van der Waals surface area (Å²) in [5, 5.41) is 3.03. The summed E-state index contributed by atoms with van der Waals surface area (Å²) in [5.74, 6) is -0.526. The largest absolute Gasteiger partial charge is 0.472 e. The fraction of sp³-hybridized carbons (Fsp3) is 0.855. The predicted octanol–water partition coefficient (Wildman–Crippen LogP) is 16.0. The van der Waals surface area contributed by atoms with Crippen LogP contribution < -0.4 is 5.32 Å². The van der Waals surface area contributed by atoms with E-state index in [1.807, 2.05) is 33.3 Å². The standard InChI is InChI=1S/C55H105N2O7P/c1-7-10-13-16-19-22-25-27-28-30-32-35-38-41-44-47-54(58)56-52(51-63-65(60,61)62-50-49-57(4,5)6)53(46-43-40-37-34-31-24-21-18-15-12-9-3)64-55(59)48-45-42-39-36-33-29-26-23-20-17-14-11-8-2/h22,25,29,33,43,46,52-53H,7-21,23-24,26-28,30-32,34-42,44-45,47-51H2,1-6H3,(H-,56,58,60,61)/p+1/b25-22-,33-29-,46-43+. The Morgan fingerprint density at radius 1 is 0.523 bits per heavy atom. The maximum atomic E-state index is 13.4. The fourth-order valence-corrected chi connectivity index (χ4v) is 8.49. The van der Waals surface area contributed by atoms with Crippen molar-refractivity contribution in [3.8, 4) is 0 Å². The molecule has 0 aromatic heterocycles. The highest BCUT2D eigenvalue weighted by atomic mass is 31.2. The van der Waals surface area contributed by atoms with Crippen molar-refractivity contribution in [3.05, 3.63) is 36.5 Å². The van der Waals surface area contributed by atoms with Gasteiger partial charge in [-0.2, -0.15) is 0 Å². The highest BCUT2D eigenvalue weighted by Crippen LogP contribution is 2.43. The Labute approximate surface area is 402 Å². The maximum absolute atomic E-state index is 13.4. The van der Waals surface area contributed by atoms with Gasteiger partial charge in [-0.15, -0.1) is 0 Å². The molecule has 3 unspecified atom stereocenters. The quantitative estimate of drug-likeness (QED) is 0.0205. The molecule has 65 heavy (non-hydrogen) atoms. The Kier molecular flexibility index (Phi) is 44.7. The van der Waals surface area contributed by atoms with Crippen molar-refractivity contribution in [2.75, 3.05) is 40.9 Å². The van der Waals surface area contributed by atoms with Gasteiger partial charge >= 0.3 is 13.8 Å². The second-order valence-electron chi connectivity index (χ2n) is 19.7. The number of rotatable bonds is 49. The van der Waals surface area contributed by atoms with Gasteiger partial charge in [-0.25, -0.2) is 4.57 Å². The van der Waals surface area contributed by atoms with Crippen molar-refractivity contribution >= 4 is 19.7 Å². The third-order valence-corrected chi connectivity index (χ3v) is 13.0. The van der Waals surface area contributed by atoms with Crippen LogP contribution in [0, 0.1) is 0 Å². The van der Waals surface area contributed by atoms with Gasteiger partial charge in [0.05, 0.1) is 33.8 Å². The first-order chi connectivity index (χ1) is 31.4. The lowest BCUT2D eigenvalue weighted by atomic mass is 10.1. The van der Waals surface area contributed by atoms with E-state index in [4.69, 9.17) is 13.8 Å². The number of unbranched alkanes of at least 4 members (excludes halogenated alkanes) is 29.